The Morgan fingerprint density at radius 3 is 2.50 bits per heavy atom. The van der Waals surface area contributed by atoms with E-state index in [1.54, 1.807) is 9.58 Å². The van der Waals surface area contributed by atoms with Gasteiger partial charge in [-0.15, -0.1) is 0 Å². The van der Waals surface area contributed by atoms with Crippen LogP contribution in [-0.2, 0) is 22.5 Å². The second-order valence-corrected chi connectivity index (χ2v) is 10.8. The smallest absolute Gasteiger partial charge is 0.273 e. The van der Waals surface area contributed by atoms with Crippen LogP contribution in [0.25, 0.3) is 11.3 Å². The molecule has 0 radical (unpaired) electrons. The van der Waals surface area contributed by atoms with Crippen LogP contribution in [-0.4, -0.2) is 57.3 Å². The fraction of sp³-hybridized carbons (Fsp3) is 0.621. The van der Waals surface area contributed by atoms with Crippen molar-refractivity contribution in [2.75, 3.05) is 13.2 Å². The van der Waals surface area contributed by atoms with Crippen molar-refractivity contribution in [3.05, 3.63) is 41.6 Å². The predicted octanol–water partition coefficient (Wildman–Crippen LogP) is 4.98. The van der Waals surface area contributed by atoms with E-state index in [4.69, 9.17) is 9.84 Å². The lowest BCUT2D eigenvalue weighted by molar-refractivity contribution is -0.134. The lowest BCUT2D eigenvalue weighted by Crippen LogP contribution is -2.65. The van der Waals surface area contributed by atoms with Gasteiger partial charge in [-0.3, -0.25) is 14.3 Å². The van der Waals surface area contributed by atoms with Crippen molar-refractivity contribution in [2.24, 2.45) is 0 Å². The summed E-state index contributed by atoms with van der Waals surface area (Å²) < 4.78 is 7.46. The first kappa shape index (κ1) is 26.4. The number of hydrogen-bond donors (Lipinski definition) is 1. The van der Waals surface area contributed by atoms with E-state index in [-0.39, 0.29) is 24.0 Å². The third-order valence-corrected chi connectivity index (χ3v) is 7.61. The molecule has 1 saturated carbocycles. The summed E-state index contributed by atoms with van der Waals surface area (Å²) >= 11 is 0. The molecular formula is C29H42N4O3. The van der Waals surface area contributed by atoms with Crippen LogP contribution >= 0.6 is 0 Å². The molecule has 1 N–H and O–H groups in total. The van der Waals surface area contributed by atoms with E-state index >= 15 is 0 Å². The highest BCUT2D eigenvalue weighted by atomic mass is 16.5. The lowest BCUT2D eigenvalue weighted by atomic mass is 9.93. The molecular weight excluding hydrogens is 452 g/mol. The Kier molecular flexibility index (Phi) is 8.50. The van der Waals surface area contributed by atoms with Crippen molar-refractivity contribution in [1.82, 2.24) is 20.0 Å². The predicted molar refractivity (Wildman–Crippen MR) is 142 cm³/mol. The van der Waals surface area contributed by atoms with Crippen LogP contribution in [0, 0.1) is 0 Å². The van der Waals surface area contributed by atoms with E-state index < -0.39 is 5.54 Å². The number of aromatic nitrogens is 2. The van der Waals surface area contributed by atoms with E-state index in [1.807, 2.05) is 26.8 Å². The van der Waals surface area contributed by atoms with Crippen LogP contribution < -0.4 is 5.32 Å². The van der Waals surface area contributed by atoms with Crippen molar-refractivity contribution in [2.45, 2.75) is 103 Å². The largest absolute Gasteiger partial charge is 0.379 e. The molecule has 7 heteroatoms. The van der Waals surface area contributed by atoms with Crippen molar-refractivity contribution < 1.29 is 14.3 Å². The van der Waals surface area contributed by atoms with Gasteiger partial charge in [0.25, 0.3) is 5.91 Å². The molecule has 1 aromatic heterocycles. The molecule has 36 heavy (non-hydrogen) atoms. The Hall–Kier alpha value is -2.67. The number of fused-ring (bicyclic) bond motifs is 1. The molecule has 2 aliphatic rings. The maximum atomic E-state index is 13.8. The molecule has 7 nitrogen and oxygen atoms in total. The Balaban J connectivity index is 1.60. The summed E-state index contributed by atoms with van der Waals surface area (Å²) in [6.07, 6.45) is 8.52. The standard InChI is InChI=1S/C29H42N4O3/c1-5-22-13-15-23(16-14-22)25-19-26-27(34)32(17-10-18-36-21(2)3)29(4,20-33(26)31-25)28(35)30-24-11-8-6-7-9-12-24/h13-16,19,21,24H,5-12,17-18,20H2,1-4H3,(H,30,35)/t29-/m0/s1. The minimum absolute atomic E-state index is 0.0810. The molecule has 1 aromatic carbocycles. The highest BCUT2D eigenvalue weighted by molar-refractivity contribution is 6.00. The Morgan fingerprint density at radius 1 is 1.17 bits per heavy atom. The first-order chi connectivity index (χ1) is 17.3. The zero-order chi connectivity index (χ0) is 25.7. The number of benzene rings is 1. The zero-order valence-electron chi connectivity index (χ0n) is 22.4. The Morgan fingerprint density at radius 2 is 1.86 bits per heavy atom. The SMILES string of the molecule is CCc1ccc(-c2cc3n(n2)C[C@@](C)(C(=O)NC2CCCCCC2)N(CCCOC(C)C)C3=O)cc1. The van der Waals surface area contributed by atoms with Gasteiger partial charge in [0.1, 0.15) is 11.2 Å². The Bertz CT molecular complexity index is 1040. The molecule has 2 amide bonds. The van der Waals surface area contributed by atoms with Crippen molar-refractivity contribution >= 4 is 11.8 Å². The molecule has 2 aromatic rings. The van der Waals surface area contributed by atoms with Gasteiger partial charge in [-0.2, -0.15) is 5.10 Å². The number of ether oxygens (including phenoxy) is 1. The molecule has 1 aliphatic heterocycles. The number of nitrogens with one attached hydrogen (secondary N) is 1. The third-order valence-electron chi connectivity index (χ3n) is 7.61. The van der Waals surface area contributed by atoms with Crippen LogP contribution in [0.2, 0.25) is 0 Å². The van der Waals surface area contributed by atoms with Gasteiger partial charge in [0.05, 0.1) is 18.3 Å². The van der Waals surface area contributed by atoms with Gasteiger partial charge in [-0.1, -0.05) is 56.9 Å². The second-order valence-electron chi connectivity index (χ2n) is 10.8. The summed E-state index contributed by atoms with van der Waals surface area (Å²) in [5, 5.41) is 8.09. The number of carbonyl (C=O) groups is 2. The van der Waals surface area contributed by atoms with Crippen LogP contribution in [0.15, 0.2) is 30.3 Å². The van der Waals surface area contributed by atoms with E-state index in [1.165, 1.54) is 18.4 Å². The van der Waals surface area contributed by atoms with Gasteiger partial charge >= 0.3 is 0 Å². The third kappa shape index (κ3) is 5.83. The normalized spacial score (nSPS) is 20.9. The topological polar surface area (TPSA) is 76.5 Å². The molecule has 0 unspecified atom stereocenters. The van der Waals surface area contributed by atoms with E-state index in [0.29, 0.717) is 31.8 Å². The summed E-state index contributed by atoms with van der Waals surface area (Å²) in [4.78, 5) is 29.3. The monoisotopic (exact) mass is 494 g/mol. The van der Waals surface area contributed by atoms with Crippen molar-refractivity contribution in [1.29, 1.82) is 0 Å². The van der Waals surface area contributed by atoms with Crippen molar-refractivity contribution in [3.8, 4) is 11.3 Å². The number of carbonyl (C=O) groups excluding carboxylic acids is 2. The molecule has 196 valence electrons. The fourth-order valence-corrected chi connectivity index (χ4v) is 5.35. The second kappa shape index (κ2) is 11.6. The van der Waals surface area contributed by atoms with Gasteiger partial charge in [0, 0.05) is 24.8 Å². The van der Waals surface area contributed by atoms with Gasteiger partial charge < -0.3 is 15.0 Å². The van der Waals surface area contributed by atoms with Crippen LogP contribution in [0.5, 0.6) is 0 Å². The van der Waals surface area contributed by atoms with Gasteiger partial charge in [0.15, 0.2) is 0 Å². The van der Waals surface area contributed by atoms with E-state index in [0.717, 1.165) is 43.4 Å². The first-order valence-electron chi connectivity index (χ1n) is 13.7. The minimum Gasteiger partial charge on any atom is -0.379 e. The number of aryl methyl sites for hydroxylation is 1. The number of nitrogens with zero attached hydrogens (tertiary/aromatic N) is 3. The molecule has 1 atom stereocenters. The Labute approximate surface area is 215 Å². The molecule has 1 fully saturated rings. The number of hydrogen-bond acceptors (Lipinski definition) is 4. The number of rotatable bonds is 9. The summed E-state index contributed by atoms with van der Waals surface area (Å²) in [6.45, 7) is 9.38. The average Bonchev–Trinajstić information content (AvgIpc) is 3.11. The molecule has 1 aliphatic carbocycles. The maximum Gasteiger partial charge on any atom is 0.273 e. The molecule has 4 rings (SSSR count). The van der Waals surface area contributed by atoms with Gasteiger partial charge in [-0.05, 0) is 58.1 Å². The van der Waals surface area contributed by atoms with Gasteiger partial charge in [-0.25, -0.2) is 0 Å². The highest BCUT2D eigenvalue weighted by Crippen LogP contribution is 2.31. The van der Waals surface area contributed by atoms with Crippen LogP contribution in [0.3, 0.4) is 0 Å². The average molecular weight is 495 g/mol. The summed E-state index contributed by atoms with van der Waals surface area (Å²) in [5.74, 6) is -0.226. The fourth-order valence-electron chi connectivity index (χ4n) is 5.35. The van der Waals surface area contributed by atoms with E-state index in [2.05, 4.69) is 36.5 Å². The zero-order valence-corrected chi connectivity index (χ0v) is 22.4. The summed E-state index contributed by atoms with van der Waals surface area (Å²) in [7, 11) is 0. The van der Waals surface area contributed by atoms with Gasteiger partial charge in [0.2, 0.25) is 5.91 Å². The summed E-state index contributed by atoms with van der Waals surface area (Å²) in [5.41, 5.74) is 2.52. The van der Waals surface area contributed by atoms with E-state index in [9.17, 15) is 9.59 Å². The van der Waals surface area contributed by atoms with Crippen LogP contribution in [0.1, 0.15) is 88.7 Å². The number of amides is 2. The maximum absolute atomic E-state index is 13.8. The van der Waals surface area contributed by atoms with Crippen LogP contribution in [0.4, 0.5) is 0 Å². The molecule has 2 heterocycles. The first-order valence-corrected chi connectivity index (χ1v) is 13.7. The molecule has 0 saturated heterocycles. The van der Waals surface area contributed by atoms with Crippen molar-refractivity contribution in [3.63, 3.8) is 0 Å². The highest BCUT2D eigenvalue weighted by Gasteiger charge is 2.48. The minimum atomic E-state index is -1.01. The molecule has 0 bridgehead atoms. The quantitative estimate of drug-likeness (QED) is 0.394. The summed E-state index contributed by atoms with van der Waals surface area (Å²) in [6, 6.07) is 10.3. The molecule has 0 spiro atoms. The lowest BCUT2D eigenvalue weighted by Gasteiger charge is -2.44.